The molecule has 0 radical (unpaired) electrons. The van der Waals surface area contributed by atoms with E-state index in [2.05, 4.69) is 17.3 Å². The summed E-state index contributed by atoms with van der Waals surface area (Å²) < 4.78 is 1.67. The molecule has 1 aromatic carbocycles. The summed E-state index contributed by atoms with van der Waals surface area (Å²) >= 11 is 6.09. The summed E-state index contributed by atoms with van der Waals surface area (Å²) in [7, 11) is 1.89. The van der Waals surface area contributed by atoms with Crippen molar-refractivity contribution in [3.8, 4) is 0 Å². The third-order valence-corrected chi connectivity index (χ3v) is 3.78. The largest absolute Gasteiger partial charge is 0.313 e. The zero-order chi connectivity index (χ0) is 15.4. The molecule has 0 fully saturated rings. The van der Waals surface area contributed by atoms with E-state index in [4.69, 9.17) is 11.6 Å². The maximum atomic E-state index is 11.1. The quantitative estimate of drug-likeness (QED) is 0.657. The second-order valence-electron chi connectivity index (χ2n) is 4.72. The van der Waals surface area contributed by atoms with Crippen LogP contribution in [0, 0.1) is 10.1 Å². The van der Waals surface area contributed by atoms with E-state index in [0.29, 0.717) is 10.6 Å². The maximum absolute atomic E-state index is 11.1. The van der Waals surface area contributed by atoms with Crippen LogP contribution >= 0.6 is 11.6 Å². The minimum atomic E-state index is -0.423. The second-order valence-corrected chi connectivity index (χ2v) is 5.12. The van der Waals surface area contributed by atoms with E-state index in [-0.39, 0.29) is 18.3 Å². The minimum Gasteiger partial charge on any atom is -0.313 e. The number of rotatable bonds is 6. The highest BCUT2D eigenvalue weighted by Crippen LogP contribution is 2.27. The number of nitrogens with zero attached hydrogens (tertiary/aromatic N) is 3. The van der Waals surface area contributed by atoms with Crippen LogP contribution in [0.2, 0.25) is 5.02 Å². The number of benzene rings is 1. The Balaban J connectivity index is 2.29. The molecule has 0 aliphatic heterocycles. The summed E-state index contributed by atoms with van der Waals surface area (Å²) in [6, 6.07) is 4.90. The molecular formula is C14H17ClN4O2. The van der Waals surface area contributed by atoms with Crippen LogP contribution in [0.3, 0.4) is 0 Å². The van der Waals surface area contributed by atoms with Crippen molar-refractivity contribution in [1.82, 2.24) is 15.1 Å². The summed E-state index contributed by atoms with van der Waals surface area (Å²) in [5.41, 5.74) is 1.53. The van der Waals surface area contributed by atoms with Crippen molar-refractivity contribution in [3.63, 3.8) is 0 Å². The summed E-state index contributed by atoms with van der Waals surface area (Å²) in [5, 5.41) is 18.9. The van der Waals surface area contributed by atoms with Crippen LogP contribution in [0.5, 0.6) is 0 Å². The molecule has 1 aromatic heterocycles. The van der Waals surface area contributed by atoms with Gasteiger partial charge in [-0.1, -0.05) is 24.6 Å². The van der Waals surface area contributed by atoms with Crippen molar-refractivity contribution in [2.75, 3.05) is 7.05 Å². The lowest BCUT2D eigenvalue weighted by Gasteiger charge is -2.10. The topological polar surface area (TPSA) is 73.0 Å². The molecule has 7 heteroatoms. The second kappa shape index (κ2) is 6.69. The van der Waals surface area contributed by atoms with Crippen LogP contribution in [-0.4, -0.2) is 21.8 Å². The molecule has 6 nitrogen and oxygen atoms in total. The van der Waals surface area contributed by atoms with Gasteiger partial charge >= 0.3 is 0 Å². The van der Waals surface area contributed by atoms with Crippen LogP contribution in [-0.2, 0) is 6.54 Å². The molecule has 2 aromatic rings. The lowest BCUT2D eigenvalue weighted by molar-refractivity contribution is -0.385. The first-order valence-electron chi connectivity index (χ1n) is 6.68. The molecule has 0 bridgehead atoms. The molecular weight excluding hydrogens is 292 g/mol. The predicted molar refractivity (Wildman–Crippen MR) is 81.5 cm³/mol. The highest BCUT2D eigenvalue weighted by Gasteiger charge is 2.18. The first-order valence-corrected chi connectivity index (χ1v) is 7.06. The van der Waals surface area contributed by atoms with Gasteiger partial charge < -0.3 is 5.32 Å². The van der Waals surface area contributed by atoms with E-state index in [9.17, 15) is 10.1 Å². The molecule has 1 heterocycles. The standard InChI is InChI=1S/C14H17ClN4O2/c1-3-13(16-2)10-7-17-18(8-10)9-11-12(15)5-4-6-14(11)19(20)21/h4-8,13,16H,3,9H2,1-2H3. The van der Waals surface area contributed by atoms with Crippen molar-refractivity contribution in [1.29, 1.82) is 0 Å². The Morgan fingerprint density at radius 2 is 2.29 bits per heavy atom. The third-order valence-electron chi connectivity index (χ3n) is 3.42. The zero-order valence-electron chi connectivity index (χ0n) is 11.9. The predicted octanol–water partition coefficient (Wildman–Crippen LogP) is 3.16. The Hall–Kier alpha value is -1.92. The number of nitro benzene ring substituents is 1. The van der Waals surface area contributed by atoms with Gasteiger partial charge in [0, 0.05) is 23.9 Å². The molecule has 0 aliphatic rings. The number of halogens is 1. The first kappa shape index (κ1) is 15.5. The van der Waals surface area contributed by atoms with Crippen molar-refractivity contribution in [3.05, 3.63) is 56.9 Å². The number of nitrogens with one attached hydrogen (secondary N) is 1. The molecule has 1 unspecified atom stereocenters. The molecule has 0 spiro atoms. The lowest BCUT2D eigenvalue weighted by Crippen LogP contribution is -2.14. The van der Waals surface area contributed by atoms with Gasteiger partial charge in [-0.05, 0) is 19.5 Å². The zero-order valence-corrected chi connectivity index (χ0v) is 12.7. The molecule has 0 aliphatic carbocycles. The maximum Gasteiger partial charge on any atom is 0.275 e. The average molecular weight is 309 g/mol. The molecule has 112 valence electrons. The van der Waals surface area contributed by atoms with Gasteiger partial charge in [-0.2, -0.15) is 5.10 Å². The van der Waals surface area contributed by atoms with Crippen LogP contribution in [0.4, 0.5) is 5.69 Å². The lowest BCUT2D eigenvalue weighted by atomic mass is 10.1. The van der Waals surface area contributed by atoms with Crippen LogP contribution in [0.15, 0.2) is 30.6 Å². The van der Waals surface area contributed by atoms with Gasteiger partial charge in [-0.3, -0.25) is 14.8 Å². The van der Waals surface area contributed by atoms with Crippen LogP contribution < -0.4 is 5.32 Å². The molecule has 1 atom stereocenters. The fraction of sp³-hybridized carbons (Fsp3) is 0.357. The summed E-state index contributed by atoms with van der Waals surface area (Å²) in [6.07, 6.45) is 4.60. The van der Waals surface area contributed by atoms with Gasteiger partial charge in [0.25, 0.3) is 5.69 Å². The normalized spacial score (nSPS) is 12.3. The van der Waals surface area contributed by atoms with Crippen molar-refractivity contribution in [2.45, 2.75) is 25.9 Å². The number of nitro groups is 1. The van der Waals surface area contributed by atoms with Gasteiger partial charge in [0.2, 0.25) is 0 Å². The SMILES string of the molecule is CCC(NC)c1cnn(Cc2c(Cl)cccc2[N+](=O)[O-])c1. The molecule has 2 rings (SSSR count). The Morgan fingerprint density at radius 1 is 1.52 bits per heavy atom. The minimum absolute atomic E-state index is 0.0141. The third kappa shape index (κ3) is 3.40. The molecule has 0 saturated heterocycles. The van der Waals surface area contributed by atoms with E-state index < -0.39 is 4.92 Å². The van der Waals surface area contributed by atoms with E-state index in [1.807, 2.05) is 13.2 Å². The summed E-state index contributed by atoms with van der Waals surface area (Å²) in [4.78, 5) is 10.7. The highest BCUT2D eigenvalue weighted by molar-refractivity contribution is 6.31. The summed E-state index contributed by atoms with van der Waals surface area (Å²) in [6.45, 7) is 2.35. The van der Waals surface area contributed by atoms with E-state index in [1.165, 1.54) is 6.07 Å². The van der Waals surface area contributed by atoms with Crippen molar-refractivity contribution >= 4 is 17.3 Å². The van der Waals surface area contributed by atoms with Gasteiger partial charge in [0.05, 0.1) is 28.3 Å². The smallest absolute Gasteiger partial charge is 0.275 e. The average Bonchev–Trinajstić information content (AvgIpc) is 2.91. The highest BCUT2D eigenvalue weighted by atomic mass is 35.5. The number of aromatic nitrogens is 2. The molecule has 0 saturated carbocycles. The van der Waals surface area contributed by atoms with Crippen molar-refractivity contribution in [2.24, 2.45) is 0 Å². The fourth-order valence-corrected chi connectivity index (χ4v) is 2.52. The monoisotopic (exact) mass is 308 g/mol. The van der Waals surface area contributed by atoms with Crippen LogP contribution in [0.25, 0.3) is 0 Å². The van der Waals surface area contributed by atoms with Gasteiger partial charge in [0.15, 0.2) is 0 Å². The van der Waals surface area contributed by atoms with E-state index in [1.54, 1.807) is 23.0 Å². The molecule has 1 N–H and O–H groups in total. The Labute approximate surface area is 127 Å². The first-order chi connectivity index (χ1) is 10.1. The Bertz CT molecular complexity index is 638. The number of hydrogen-bond donors (Lipinski definition) is 1. The van der Waals surface area contributed by atoms with Gasteiger partial charge in [0.1, 0.15) is 0 Å². The van der Waals surface area contributed by atoms with E-state index in [0.717, 1.165) is 12.0 Å². The van der Waals surface area contributed by atoms with Gasteiger partial charge in [-0.15, -0.1) is 0 Å². The number of hydrogen-bond acceptors (Lipinski definition) is 4. The Kier molecular flexibility index (Phi) is 4.93. The Morgan fingerprint density at radius 3 is 2.90 bits per heavy atom. The van der Waals surface area contributed by atoms with Gasteiger partial charge in [-0.25, -0.2) is 0 Å². The summed E-state index contributed by atoms with van der Waals surface area (Å²) in [5.74, 6) is 0. The van der Waals surface area contributed by atoms with Crippen LogP contribution in [0.1, 0.15) is 30.5 Å². The molecule has 21 heavy (non-hydrogen) atoms. The molecule has 0 amide bonds. The fourth-order valence-electron chi connectivity index (χ4n) is 2.29. The van der Waals surface area contributed by atoms with E-state index >= 15 is 0 Å². The van der Waals surface area contributed by atoms with Crippen molar-refractivity contribution < 1.29 is 4.92 Å².